The number of rotatable bonds is 6. The van der Waals surface area contributed by atoms with E-state index in [1.165, 1.54) is 28.6 Å². The van der Waals surface area contributed by atoms with Crippen LogP contribution >= 0.6 is 11.8 Å². The Bertz CT molecular complexity index is 1540. The minimum absolute atomic E-state index is 0.0601. The van der Waals surface area contributed by atoms with Crippen LogP contribution < -0.4 is 5.32 Å². The Balaban J connectivity index is 1.24. The smallest absolute Gasteiger partial charge is 0.390 e. The van der Waals surface area contributed by atoms with Gasteiger partial charge in [0.1, 0.15) is 5.82 Å². The van der Waals surface area contributed by atoms with Gasteiger partial charge < -0.3 is 10.4 Å². The first-order valence-electron chi connectivity index (χ1n) is 11.7. The average Bonchev–Trinajstić information content (AvgIpc) is 3.25. The molecule has 1 aliphatic heterocycles. The molecule has 0 spiro atoms. The molecular formula is C25H24F3N5O3S2. The largest absolute Gasteiger partial charge is 0.446 e. The van der Waals surface area contributed by atoms with Gasteiger partial charge in [0.15, 0.2) is 5.65 Å². The van der Waals surface area contributed by atoms with E-state index in [0.717, 1.165) is 22.6 Å². The molecule has 0 aliphatic carbocycles. The molecule has 0 radical (unpaired) electrons. The van der Waals surface area contributed by atoms with Crippen LogP contribution in [0.1, 0.15) is 12.2 Å². The number of hydrogen-bond donors (Lipinski definition) is 2. The first-order chi connectivity index (χ1) is 18.0. The number of hydrogen-bond acceptors (Lipinski definition) is 7. The molecule has 2 aromatic carbocycles. The zero-order valence-corrected chi connectivity index (χ0v) is 21.8. The number of aliphatic hydroxyl groups excluding tert-OH is 1. The number of piperidine rings is 1. The lowest BCUT2D eigenvalue weighted by molar-refractivity contribution is -0.0328. The molecule has 0 amide bonds. The van der Waals surface area contributed by atoms with Crippen molar-refractivity contribution in [1.29, 1.82) is 0 Å². The summed E-state index contributed by atoms with van der Waals surface area (Å²) in [6, 6.07) is 15.6. The van der Waals surface area contributed by atoms with Crippen LogP contribution in [0.15, 0.2) is 76.7 Å². The number of thioether (sulfide) groups is 1. The van der Waals surface area contributed by atoms with E-state index in [4.69, 9.17) is 0 Å². The highest BCUT2D eigenvalue weighted by atomic mass is 32.2. The molecule has 2 N–H and O–H groups in total. The molecular weight excluding hydrogens is 539 g/mol. The topological polar surface area (TPSA) is 99.8 Å². The molecule has 3 heterocycles. The molecule has 1 saturated heterocycles. The maximum absolute atomic E-state index is 13.3. The Labute approximate surface area is 221 Å². The van der Waals surface area contributed by atoms with Crippen molar-refractivity contribution in [2.45, 2.75) is 40.8 Å². The number of aliphatic hydroxyl groups is 1. The number of pyridine rings is 1. The highest BCUT2D eigenvalue weighted by Gasteiger charge is 2.35. The SMILES string of the molecule is Cc1nnc2ccc(-c3ccc(S(=O)(=O)N4CC[C@@H](Nc5ccc(SC(F)(F)F)cc5)[C@@H](O)C4)cc3)cn12. The second-order valence-electron chi connectivity index (χ2n) is 8.96. The average molecular weight is 564 g/mol. The number of anilines is 1. The molecule has 0 bridgehead atoms. The summed E-state index contributed by atoms with van der Waals surface area (Å²) < 4.78 is 67.2. The van der Waals surface area contributed by atoms with Crippen LogP contribution in [0.5, 0.6) is 0 Å². The number of fused-ring (bicyclic) bond motifs is 1. The van der Waals surface area contributed by atoms with E-state index in [2.05, 4.69) is 15.5 Å². The maximum Gasteiger partial charge on any atom is 0.446 e. The third-order valence-corrected chi connectivity index (χ3v) is 9.00. The Hall–Kier alpha value is -3.13. The number of alkyl halides is 3. The number of sulfonamides is 1. The minimum atomic E-state index is -4.37. The van der Waals surface area contributed by atoms with E-state index in [0.29, 0.717) is 12.1 Å². The molecule has 8 nitrogen and oxygen atoms in total. The van der Waals surface area contributed by atoms with Crippen molar-refractivity contribution in [3.8, 4) is 11.1 Å². The van der Waals surface area contributed by atoms with Crippen molar-refractivity contribution >= 4 is 33.1 Å². The molecule has 1 aliphatic rings. The lowest BCUT2D eigenvalue weighted by Crippen LogP contribution is -2.51. The van der Waals surface area contributed by atoms with Crippen LogP contribution in [0.2, 0.25) is 0 Å². The van der Waals surface area contributed by atoms with Crippen LogP contribution in [-0.2, 0) is 10.0 Å². The first kappa shape index (κ1) is 26.5. The third kappa shape index (κ3) is 5.65. The molecule has 38 heavy (non-hydrogen) atoms. The van der Waals surface area contributed by atoms with Gasteiger partial charge >= 0.3 is 5.51 Å². The van der Waals surface area contributed by atoms with E-state index < -0.39 is 27.7 Å². The number of nitrogens with zero attached hydrogens (tertiary/aromatic N) is 4. The van der Waals surface area contributed by atoms with Gasteiger partial charge in [-0.05, 0) is 84.8 Å². The zero-order chi connectivity index (χ0) is 27.1. The van der Waals surface area contributed by atoms with E-state index in [-0.39, 0.29) is 34.6 Å². The maximum atomic E-state index is 13.3. The van der Waals surface area contributed by atoms with Crippen molar-refractivity contribution in [1.82, 2.24) is 18.9 Å². The number of halogens is 3. The summed E-state index contributed by atoms with van der Waals surface area (Å²) in [4.78, 5) is 0.184. The number of benzene rings is 2. The predicted molar refractivity (Wildman–Crippen MR) is 138 cm³/mol. The molecule has 5 rings (SSSR count). The van der Waals surface area contributed by atoms with Gasteiger partial charge in [-0.2, -0.15) is 17.5 Å². The second-order valence-corrected chi connectivity index (χ2v) is 12.0. The van der Waals surface area contributed by atoms with E-state index >= 15 is 0 Å². The molecule has 200 valence electrons. The molecule has 1 fully saturated rings. The van der Waals surface area contributed by atoms with Gasteiger partial charge in [0.05, 0.1) is 17.0 Å². The summed E-state index contributed by atoms with van der Waals surface area (Å²) in [7, 11) is -3.83. The molecule has 2 atom stereocenters. The van der Waals surface area contributed by atoms with Crippen LogP contribution in [0.4, 0.5) is 18.9 Å². The van der Waals surface area contributed by atoms with Crippen molar-refractivity contribution in [3.05, 3.63) is 72.7 Å². The van der Waals surface area contributed by atoms with Gasteiger partial charge in [-0.3, -0.25) is 4.40 Å². The Morgan fingerprint density at radius 2 is 1.68 bits per heavy atom. The standard InChI is InChI=1S/C25H24F3N5O3S2/c1-16-30-31-24-11-4-18(14-33(16)24)17-2-9-21(10-3-17)38(35,36)32-13-12-22(23(34)15-32)29-19-5-7-20(8-6-19)37-25(26,27)28/h2-11,14,22-23,29,34H,12-13,15H2,1H3/t22-,23+/m1/s1. The highest BCUT2D eigenvalue weighted by molar-refractivity contribution is 8.00. The number of nitrogens with one attached hydrogen (secondary N) is 1. The summed E-state index contributed by atoms with van der Waals surface area (Å²) in [6.07, 6.45) is 1.22. The van der Waals surface area contributed by atoms with Gasteiger partial charge in [-0.1, -0.05) is 12.1 Å². The van der Waals surface area contributed by atoms with E-state index in [9.17, 15) is 26.7 Å². The third-order valence-electron chi connectivity index (χ3n) is 6.38. The van der Waals surface area contributed by atoms with Crippen molar-refractivity contribution in [3.63, 3.8) is 0 Å². The van der Waals surface area contributed by atoms with Crippen molar-refractivity contribution in [2.24, 2.45) is 0 Å². The fourth-order valence-electron chi connectivity index (χ4n) is 4.40. The Kier molecular flexibility index (Phi) is 7.11. The summed E-state index contributed by atoms with van der Waals surface area (Å²) in [6.45, 7) is 1.93. The summed E-state index contributed by atoms with van der Waals surface area (Å²) in [5, 5.41) is 21.9. The summed E-state index contributed by atoms with van der Waals surface area (Å²) >= 11 is -0.199. The molecule has 0 saturated carbocycles. The van der Waals surface area contributed by atoms with Crippen LogP contribution in [0, 0.1) is 6.92 Å². The van der Waals surface area contributed by atoms with Gasteiger partial charge in [-0.25, -0.2) is 8.42 Å². The van der Waals surface area contributed by atoms with Crippen molar-refractivity contribution < 1.29 is 26.7 Å². The monoisotopic (exact) mass is 563 g/mol. The summed E-state index contributed by atoms with van der Waals surface area (Å²) in [5.74, 6) is 0.745. The van der Waals surface area contributed by atoms with Gasteiger partial charge in [-0.15, -0.1) is 10.2 Å². The Morgan fingerprint density at radius 1 is 1.00 bits per heavy atom. The summed E-state index contributed by atoms with van der Waals surface area (Å²) in [5.41, 5.74) is -1.37. The van der Waals surface area contributed by atoms with E-state index in [1.807, 2.05) is 29.7 Å². The Morgan fingerprint density at radius 3 is 2.34 bits per heavy atom. The van der Waals surface area contributed by atoms with Crippen molar-refractivity contribution in [2.75, 3.05) is 18.4 Å². The van der Waals surface area contributed by atoms with E-state index in [1.54, 1.807) is 24.3 Å². The predicted octanol–water partition coefficient (Wildman–Crippen LogP) is 4.55. The lowest BCUT2D eigenvalue weighted by Gasteiger charge is -2.36. The quantitative estimate of drug-likeness (QED) is 0.332. The fourth-order valence-corrected chi connectivity index (χ4v) is 6.41. The zero-order valence-electron chi connectivity index (χ0n) is 20.1. The minimum Gasteiger partial charge on any atom is -0.390 e. The number of aryl methyl sites for hydroxylation is 1. The second kappa shape index (κ2) is 10.2. The van der Waals surface area contributed by atoms with Crippen LogP contribution in [0.25, 0.3) is 16.8 Å². The fraction of sp³-hybridized carbons (Fsp3) is 0.280. The molecule has 2 aromatic heterocycles. The number of β-amino-alcohol motifs (C(OH)–C–C–N with tert-alkyl or cyclic N) is 1. The molecule has 13 heteroatoms. The van der Waals surface area contributed by atoms with Gasteiger partial charge in [0.2, 0.25) is 10.0 Å². The normalized spacial score (nSPS) is 19.1. The first-order valence-corrected chi connectivity index (χ1v) is 14.0. The van der Waals surface area contributed by atoms with Crippen LogP contribution in [0.3, 0.4) is 0 Å². The van der Waals surface area contributed by atoms with Crippen LogP contribution in [-0.4, -0.2) is 63.2 Å². The lowest BCUT2D eigenvalue weighted by atomic mass is 10.0. The molecule has 4 aromatic rings. The highest BCUT2D eigenvalue weighted by Crippen LogP contribution is 2.37. The number of aromatic nitrogens is 3. The van der Waals surface area contributed by atoms with Gasteiger partial charge in [0, 0.05) is 29.9 Å². The molecule has 0 unspecified atom stereocenters. The van der Waals surface area contributed by atoms with Gasteiger partial charge in [0.25, 0.3) is 0 Å².